The number of carbonyl (C=O) groups excluding carboxylic acids is 1. The summed E-state index contributed by atoms with van der Waals surface area (Å²) in [7, 11) is 0. The van der Waals surface area contributed by atoms with Crippen LogP contribution >= 0.6 is 11.8 Å². The fourth-order valence-electron chi connectivity index (χ4n) is 3.68. The van der Waals surface area contributed by atoms with Crippen molar-refractivity contribution >= 4 is 17.7 Å². The maximum Gasteiger partial charge on any atom is 0.237 e. The third-order valence-corrected chi connectivity index (χ3v) is 6.31. The summed E-state index contributed by atoms with van der Waals surface area (Å²) in [6.45, 7) is 1.04. The minimum Gasteiger partial charge on any atom is -0.326 e. The third-order valence-electron chi connectivity index (χ3n) is 5.14. The summed E-state index contributed by atoms with van der Waals surface area (Å²) in [5, 5.41) is 22.2. The molecule has 3 rings (SSSR count). The number of aromatic nitrogens is 1. The number of nitriles is 2. The fraction of sp³-hybridized carbons (Fsp3) is 0.579. The second-order valence-electron chi connectivity index (χ2n) is 6.94. The normalized spacial score (nSPS) is 25.0. The van der Waals surface area contributed by atoms with Gasteiger partial charge in [-0.25, -0.2) is 4.98 Å². The zero-order valence-corrected chi connectivity index (χ0v) is 15.5. The summed E-state index contributed by atoms with van der Waals surface area (Å²) in [5.74, 6) is 1.67. The SMILES string of the molecule is N#Cc1ccc(SC[C@H]2CC[C@@H](NCC(=O)N3CCC[C@H]3C#N)C2)nc1. The molecule has 1 saturated carbocycles. The molecule has 3 atom stereocenters. The Hall–Kier alpha value is -2.09. The lowest BCUT2D eigenvalue weighted by molar-refractivity contribution is -0.130. The number of nitrogens with one attached hydrogen (secondary N) is 1. The first-order chi connectivity index (χ1) is 12.7. The number of pyridine rings is 1. The summed E-state index contributed by atoms with van der Waals surface area (Å²) in [4.78, 5) is 18.3. The molecule has 1 aliphatic carbocycles. The lowest BCUT2D eigenvalue weighted by atomic mass is 10.1. The Labute approximate surface area is 158 Å². The molecule has 0 radical (unpaired) electrons. The fourth-order valence-corrected chi connectivity index (χ4v) is 4.68. The van der Waals surface area contributed by atoms with Gasteiger partial charge in [0, 0.05) is 24.5 Å². The minimum atomic E-state index is -0.239. The first-order valence-electron chi connectivity index (χ1n) is 9.11. The van der Waals surface area contributed by atoms with Crippen LogP contribution in [0.4, 0.5) is 0 Å². The van der Waals surface area contributed by atoms with Crippen LogP contribution in [0.3, 0.4) is 0 Å². The predicted molar refractivity (Wildman–Crippen MR) is 99.2 cm³/mol. The van der Waals surface area contributed by atoms with Crippen LogP contribution in [0.15, 0.2) is 23.4 Å². The predicted octanol–water partition coefficient (Wildman–Crippen LogP) is 2.32. The number of nitrogens with zero attached hydrogens (tertiary/aromatic N) is 4. The van der Waals surface area contributed by atoms with Crippen LogP contribution in [0.25, 0.3) is 0 Å². The summed E-state index contributed by atoms with van der Waals surface area (Å²) in [5.41, 5.74) is 0.584. The van der Waals surface area contributed by atoms with E-state index in [1.807, 2.05) is 6.07 Å². The van der Waals surface area contributed by atoms with Gasteiger partial charge in [-0.2, -0.15) is 10.5 Å². The van der Waals surface area contributed by atoms with Gasteiger partial charge in [0.15, 0.2) is 0 Å². The highest BCUT2D eigenvalue weighted by atomic mass is 32.2. The van der Waals surface area contributed by atoms with E-state index < -0.39 is 0 Å². The van der Waals surface area contributed by atoms with Crippen LogP contribution in [0, 0.1) is 28.6 Å². The van der Waals surface area contributed by atoms with Gasteiger partial charge in [0.1, 0.15) is 12.1 Å². The molecule has 1 aromatic rings. The van der Waals surface area contributed by atoms with E-state index in [2.05, 4.69) is 22.4 Å². The van der Waals surface area contributed by atoms with Crippen LogP contribution in [0.5, 0.6) is 0 Å². The Balaban J connectivity index is 1.38. The molecule has 1 aromatic heterocycles. The third kappa shape index (κ3) is 4.75. The van der Waals surface area contributed by atoms with Crippen molar-refractivity contribution in [2.24, 2.45) is 5.92 Å². The smallest absolute Gasteiger partial charge is 0.237 e. The molecule has 1 aliphatic heterocycles. The second-order valence-corrected chi connectivity index (χ2v) is 7.98. The molecule has 0 bridgehead atoms. The van der Waals surface area contributed by atoms with Crippen molar-refractivity contribution in [2.75, 3.05) is 18.8 Å². The largest absolute Gasteiger partial charge is 0.326 e. The van der Waals surface area contributed by atoms with Gasteiger partial charge in [0.25, 0.3) is 0 Å². The molecule has 6 nitrogen and oxygen atoms in total. The van der Waals surface area contributed by atoms with Crippen molar-refractivity contribution in [3.63, 3.8) is 0 Å². The number of amides is 1. The molecule has 7 heteroatoms. The molecular weight excluding hydrogens is 346 g/mol. The quantitative estimate of drug-likeness (QED) is 0.774. The Bertz CT molecular complexity index is 708. The number of likely N-dealkylation sites (tertiary alicyclic amines) is 1. The zero-order chi connectivity index (χ0) is 18.4. The van der Waals surface area contributed by atoms with Crippen LogP contribution in [-0.4, -0.2) is 46.7 Å². The molecule has 0 aromatic carbocycles. The molecule has 1 saturated heterocycles. The average molecular weight is 369 g/mol. The van der Waals surface area contributed by atoms with E-state index in [1.165, 1.54) is 0 Å². The van der Waals surface area contributed by atoms with Crippen molar-refractivity contribution in [1.82, 2.24) is 15.2 Å². The van der Waals surface area contributed by atoms with Gasteiger partial charge in [-0.1, -0.05) is 0 Å². The van der Waals surface area contributed by atoms with Crippen molar-refractivity contribution < 1.29 is 4.79 Å². The summed E-state index contributed by atoms with van der Waals surface area (Å²) >= 11 is 1.73. The van der Waals surface area contributed by atoms with E-state index in [1.54, 1.807) is 28.9 Å². The molecule has 1 N–H and O–H groups in total. The lowest BCUT2D eigenvalue weighted by Crippen LogP contribution is -2.42. The molecule has 136 valence electrons. The van der Waals surface area contributed by atoms with Crippen LogP contribution in [0.1, 0.15) is 37.7 Å². The van der Waals surface area contributed by atoms with Crippen LogP contribution in [0.2, 0.25) is 0 Å². The van der Waals surface area contributed by atoms with Gasteiger partial charge < -0.3 is 10.2 Å². The Morgan fingerprint density at radius 1 is 1.35 bits per heavy atom. The Morgan fingerprint density at radius 2 is 2.23 bits per heavy atom. The van der Waals surface area contributed by atoms with Gasteiger partial charge in [-0.3, -0.25) is 4.79 Å². The van der Waals surface area contributed by atoms with Crippen molar-refractivity contribution in [3.05, 3.63) is 23.9 Å². The maximum absolute atomic E-state index is 12.3. The number of hydrogen-bond acceptors (Lipinski definition) is 6. The Kier molecular flexibility index (Phi) is 6.49. The van der Waals surface area contributed by atoms with Gasteiger partial charge in [-0.15, -0.1) is 11.8 Å². The molecule has 2 fully saturated rings. The second kappa shape index (κ2) is 9.02. The van der Waals surface area contributed by atoms with Crippen molar-refractivity contribution in [3.8, 4) is 12.1 Å². The van der Waals surface area contributed by atoms with Gasteiger partial charge in [-0.05, 0) is 50.2 Å². The van der Waals surface area contributed by atoms with Crippen molar-refractivity contribution in [1.29, 1.82) is 10.5 Å². The monoisotopic (exact) mass is 369 g/mol. The summed E-state index contributed by atoms with van der Waals surface area (Å²) in [6, 6.07) is 8.13. The highest BCUT2D eigenvalue weighted by molar-refractivity contribution is 7.99. The summed E-state index contributed by atoms with van der Waals surface area (Å²) < 4.78 is 0. The average Bonchev–Trinajstić information content (AvgIpc) is 3.34. The van der Waals surface area contributed by atoms with E-state index in [0.717, 1.165) is 42.9 Å². The van der Waals surface area contributed by atoms with E-state index in [4.69, 9.17) is 10.5 Å². The van der Waals surface area contributed by atoms with Gasteiger partial charge in [0.2, 0.25) is 5.91 Å². The molecule has 26 heavy (non-hydrogen) atoms. The van der Waals surface area contributed by atoms with Gasteiger partial charge >= 0.3 is 0 Å². The first kappa shape index (κ1) is 18.7. The molecule has 0 unspecified atom stereocenters. The number of thioether (sulfide) groups is 1. The number of rotatable bonds is 6. The Morgan fingerprint density at radius 3 is 2.96 bits per heavy atom. The van der Waals surface area contributed by atoms with E-state index in [0.29, 0.717) is 30.6 Å². The van der Waals surface area contributed by atoms with E-state index in [9.17, 15) is 4.79 Å². The molecule has 0 spiro atoms. The highest BCUT2D eigenvalue weighted by Crippen LogP contribution is 2.30. The van der Waals surface area contributed by atoms with E-state index in [-0.39, 0.29) is 11.9 Å². The van der Waals surface area contributed by atoms with Crippen LogP contribution < -0.4 is 5.32 Å². The summed E-state index contributed by atoms with van der Waals surface area (Å²) in [6.07, 6.45) is 6.64. The maximum atomic E-state index is 12.3. The minimum absolute atomic E-state index is 0.0497. The van der Waals surface area contributed by atoms with Gasteiger partial charge in [0.05, 0.1) is 23.2 Å². The molecular formula is C19H23N5OS. The standard InChI is InChI=1S/C19H23N5OS/c20-9-15-4-6-18(23-11-15)26-13-14-3-5-16(8-14)22-12-19(25)24-7-1-2-17(24)10-21/h4,6,11,14,16-17,22H,1-3,5,7-8,12-13H2/t14-,16+,17-/m0/s1. The first-order valence-corrected chi connectivity index (χ1v) is 10.1. The van der Waals surface area contributed by atoms with Crippen molar-refractivity contribution in [2.45, 2.75) is 49.2 Å². The number of hydrogen-bond donors (Lipinski definition) is 1. The van der Waals surface area contributed by atoms with E-state index >= 15 is 0 Å². The molecule has 1 amide bonds. The number of carbonyl (C=O) groups is 1. The molecule has 2 aliphatic rings. The lowest BCUT2D eigenvalue weighted by Gasteiger charge is -2.21. The van der Waals surface area contributed by atoms with Crippen LogP contribution in [-0.2, 0) is 4.79 Å². The molecule has 2 heterocycles. The highest BCUT2D eigenvalue weighted by Gasteiger charge is 2.30. The zero-order valence-electron chi connectivity index (χ0n) is 14.7. The topological polar surface area (TPSA) is 92.8 Å².